The molecule has 0 heterocycles. The summed E-state index contributed by atoms with van der Waals surface area (Å²) in [7, 11) is -1.41. The number of carbonyl (C=O) groups is 1. The van der Waals surface area contributed by atoms with Gasteiger partial charge in [-0.1, -0.05) is 132 Å². The van der Waals surface area contributed by atoms with Crippen LogP contribution in [0.25, 0.3) is 0 Å². The zero-order valence-electron chi connectivity index (χ0n) is 24.6. The number of hydrogen-bond acceptors (Lipinski definition) is 3. The summed E-state index contributed by atoms with van der Waals surface area (Å²) in [5.41, 5.74) is 1.78. The van der Waals surface area contributed by atoms with Crippen molar-refractivity contribution in [1.29, 1.82) is 0 Å². The minimum absolute atomic E-state index is 0.0965. The highest BCUT2D eigenvalue weighted by molar-refractivity contribution is 7.73. The van der Waals surface area contributed by atoms with Gasteiger partial charge in [0.15, 0.2) is 0 Å². The lowest BCUT2D eigenvalue weighted by Crippen LogP contribution is -2.31. The van der Waals surface area contributed by atoms with E-state index >= 15 is 0 Å². The van der Waals surface area contributed by atoms with E-state index in [-0.39, 0.29) is 14.5 Å². The normalized spacial score (nSPS) is 20.7. The first-order valence-electron chi connectivity index (χ1n) is 15.1. The molecule has 2 aliphatic carbocycles. The van der Waals surface area contributed by atoms with E-state index in [1.54, 1.807) is 10.6 Å². The molecule has 4 rings (SSSR count). The van der Waals surface area contributed by atoms with Gasteiger partial charge in [-0.05, 0) is 60.8 Å². The van der Waals surface area contributed by atoms with E-state index in [9.17, 15) is 4.79 Å². The van der Waals surface area contributed by atoms with Gasteiger partial charge in [-0.3, -0.25) is 10.1 Å². The number of carboxylic acid groups (broad SMARTS) is 1. The third-order valence-electron chi connectivity index (χ3n) is 9.25. The molecule has 3 atom stereocenters. The summed E-state index contributed by atoms with van der Waals surface area (Å²) in [4.78, 5) is 14.9. The van der Waals surface area contributed by atoms with Crippen molar-refractivity contribution in [2.24, 2.45) is 17.8 Å². The van der Waals surface area contributed by atoms with Crippen LogP contribution in [0.5, 0.6) is 0 Å². The van der Waals surface area contributed by atoms with Crippen LogP contribution < -0.4 is 10.6 Å². The molecule has 39 heavy (non-hydrogen) atoms. The van der Waals surface area contributed by atoms with E-state index in [1.165, 1.54) is 51.0 Å². The van der Waals surface area contributed by atoms with Gasteiger partial charge in [0, 0.05) is 0 Å². The Kier molecular flexibility index (Phi) is 13.2. The van der Waals surface area contributed by atoms with Crippen molar-refractivity contribution < 1.29 is 20.0 Å². The average molecular weight is 571 g/mol. The zero-order chi connectivity index (χ0) is 28.3. The van der Waals surface area contributed by atoms with E-state index in [1.807, 2.05) is 0 Å². The van der Waals surface area contributed by atoms with Crippen LogP contribution in [0, 0.1) is 17.8 Å². The van der Waals surface area contributed by atoms with Crippen LogP contribution in [0.3, 0.4) is 0 Å². The summed E-state index contributed by atoms with van der Waals surface area (Å²) in [6, 6.07) is 23.6. The molecule has 0 aromatic heterocycles. The third-order valence-corrected chi connectivity index (χ3v) is 16.7. The molecule has 216 valence electrons. The summed E-state index contributed by atoms with van der Waals surface area (Å²) < 4.78 is 0. The molecule has 2 aromatic rings. The Morgan fingerprint density at radius 2 is 1.49 bits per heavy atom. The highest BCUT2D eigenvalue weighted by Crippen LogP contribution is 2.52. The Balaban J connectivity index is 0.000000219. The van der Waals surface area contributed by atoms with E-state index in [4.69, 9.17) is 10.4 Å². The first kappa shape index (κ1) is 32.0. The molecular weight excluding hydrogens is 519 g/mol. The highest BCUT2D eigenvalue weighted by Gasteiger charge is 2.36. The molecule has 2 saturated carbocycles. The minimum Gasteiger partial charge on any atom is -0.481 e. The van der Waals surface area contributed by atoms with Crippen LogP contribution in [0.1, 0.15) is 71.6 Å². The summed E-state index contributed by atoms with van der Waals surface area (Å²) in [6.07, 6.45) is 11.3. The summed E-state index contributed by atoms with van der Waals surface area (Å²) in [5, 5.41) is 20.4. The summed E-state index contributed by atoms with van der Waals surface area (Å²) >= 11 is 0. The molecule has 0 amide bonds. The maximum absolute atomic E-state index is 10.9. The van der Waals surface area contributed by atoms with Gasteiger partial charge in [-0.25, -0.2) is 4.89 Å². The Morgan fingerprint density at radius 1 is 0.923 bits per heavy atom. The van der Waals surface area contributed by atoms with Crippen LogP contribution in [0.15, 0.2) is 60.7 Å². The quantitative estimate of drug-likeness (QED) is 0.116. The fourth-order valence-electron chi connectivity index (χ4n) is 6.86. The summed E-state index contributed by atoms with van der Waals surface area (Å²) in [5.74, 6) is 0.249. The van der Waals surface area contributed by atoms with Gasteiger partial charge in [-0.2, -0.15) is 0 Å². The molecule has 0 saturated heterocycles. The monoisotopic (exact) mass is 570 g/mol. The standard InChI is InChI=1S/C20H25P.C13H26O4Si/c1-16(2)19-14-9-15-20(19)21(17-10-5-3-6-11-17)18-12-7-4-8-13-18;1-18(2,12-7-3-4-8-12)9-5-6-11(10-17-16)13(14)15/h3-8,10-13,16,19-20H,9,14-15H2,1-2H3;11-12,16H,3-10H2,1-2H3,(H,14,15). The second-order valence-corrected chi connectivity index (χ2v) is 20.4. The number of hydrogen-bond donors (Lipinski definition) is 2. The van der Waals surface area contributed by atoms with E-state index in [0.717, 1.165) is 29.5 Å². The lowest BCUT2D eigenvalue weighted by Gasteiger charge is -2.32. The van der Waals surface area contributed by atoms with E-state index in [0.29, 0.717) is 6.42 Å². The predicted molar refractivity (Wildman–Crippen MR) is 168 cm³/mol. The topological polar surface area (TPSA) is 66.8 Å². The number of aliphatic carboxylic acids is 1. The van der Waals surface area contributed by atoms with Gasteiger partial charge in [0.05, 0.1) is 20.6 Å². The Labute approximate surface area is 239 Å². The first-order valence-corrected chi connectivity index (χ1v) is 19.8. The second kappa shape index (κ2) is 16.1. The van der Waals surface area contributed by atoms with Crippen molar-refractivity contribution in [2.45, 2.75) is 102 Å². The Hall–Kier alpha value is -1.52. The number of benzene rings is 2. The van der Waals surface area contributed by atoms with Gasteiger partial charge >= 0.3 is 5.97 Å². The van der Waals surface area contributed by atoms with Crippen LogP contribution in [-0.4, -0.2) is 36.7 Å². The molecule has 2 fully saturated rings. The van der Waals surface area contributed by atoms with Crippen LogP contribution in [0.2, 0.25) is 24.7 Å². The molecule has 4 nitrogen and oxygen atoms in total. The maximum Gasteiger partial charge on any atom is 0.308 e. The van der Waals surface area contributed by atoms with E-state index < -0.39 is 20.0 Å². The second-order valence-electron chi connectivity index (χ2n) is 12.6. The molecule has 0 aliphatic heterocycles. The molecule has 2 aromatic carbocycles. The van der Waals surface area contributed by atoms with Crippen molar-refractivity contribution in [2.75, 3.05) is 6.61 Å². The van der Waals surface area contributed by atoms with Crippen LogP contribution in [-0.2, 0) is 9.68 Å². The number of rotatable bonds is 12. The van der Waals surface area contributed by atoms with Gasteiger partial charge in [0.25, 0.3) is 0 Å². The molecule has 0 bridgehead atoms. The van der Waals surface area contributed by atoms with Crippen molar-refractivity contribution in [3.8, 4) is 0 Å². The fourth-order valence-corrected chi connectivity index (χ4v) is 13.7. The molecule has 6 heteroatoms. The molecule has 3 unspecified atom stereocenters. The lowest BCUT2D eigenvalue weighted by atomic mass is 9.94. The smallest absolute Gasteiger partial charge is 0.308 e. The lowest BCUT2D eigenvalue weighted by molar-refractivity contribution is -0.251. The molecule has 2 N–H and O–H groups in total. The van der Waals surface area contributed by atoms with Crippen LogP contribution >= 0.6 is 7.92 Å². The first-order chi connectivity index (χ1) is 18.7. The summed E-state index contributed by atoms with van der Waals surface area (Å²) in [6.45, 7) is 9.59. The van der Waals surface area contributed by atoms with Gasteiger partial charge in [0.1, 0.15) is 0 Å². The van der Waals surface area contributed by atoms with E-state index in [2.05, 4.69) is 92.5 Å². The fraction of sp³-hybridized carbons (Fsp3) is 0.606. The third kappa shape index (κ3) is 9.52. The predicted octanol–water partition coefficient (Wildman–Crippen LogP) is 8.55. The maximum atomic E-state index is 10.9. The van der Waals surface area contributed by atoms with Crippen molar-refractivity contribution >= 4 is 32.6 Å². The molecule has 0 radical (unpaired) electrons. The van der Waals surface area contributed by atoms with Crippen molar-refractivity contribution in [3.05, 3.63) is 60.7 Å². The molecule has 0 spiro atoms. The zero-order valence-corrected chi connectivity index (χ0v) is 26.5. The highest BCUT2D eigenvalue weighted by atomic mass is 31.1. The number of carboxylic acids is 1. The van der Waals surface area contributed by atoms with Gasteiger partial charge in [0.2, 0.25) is 0 Å². The minimum atomic E-state index is -1.19. The Morgan fingerprint density at radius 3 is 1.97 bits per heavy atom. The Bertz CT molecular complexity index is 923. The molecule has 2 aliphatic rings. The molecular formula is C33H51O4PSi. The SMILES string of the molecule is CC(C)C1CCCC1P(c1ccccc1)c1ccccc1.C[Si](C)(CCCC(COO)C(=O)O)C1CCCC1. The van der Waals surface area contributed by atoms with Crippen molar-refractivity contribution in [3.63, 3.8) is 0 Å². The largest absolute Gasteiger partial charge is 0.481 e. The van der Waals surface area contributed by atoms with Crippen molar-refractivity contribution in [1.82, 2.24) is 0 Å². The van der Waals surface area contributed by atoms with Gasteiger partial charge in [-0.15, -0.1) is 0 Å². The van der Waals surface area contributed by atoms with Crippen LogP contribution in [0.4, 0.5) is 0 Å². The average Bonchev–Trinajstić information content (AvgIpc) is 3.64. The van der Waals surface area contributed by atoms with Gasteiger partial charge < -0.3 is 5.11 Å².